The Bertz CT molecular complexity index is 699. The van der Waals surface area contributed by atoms with Crippen molar-refractivity contribution in [3.05, 3.63) is 24.0 Å². The zero-order chi connectivity index (χ0) is 16.4. The number of aromatic nitrogens is 2. The Morgan fingerprint density at radius 3 is 2.91 bits per heavy atom. The van der Waals surface area contributed by atoms with Crippen LogP contribution in [-0.4, -0.2) is 26.6 Å². The molecule has 0 radical (unpaired) electrons. The third kappa shape index (κ3) is 3.11. The summed E-state index contributed by atoms with van der Waals surface area (Å²) in [7, 11) is 0. The molecular formula is C18H25N3O2. The number of rotatable bonds is 4. The van der Waals surface area contributed by atoms with Crippen molar-refractivity contribution in [2.75, 3.05) is 5.32 Å². The van der Waals surface area contributed by atoms with Crippen molar-refractivity contribution in [3.63, 3.8) is 0 Å². The summed E-state index contributed by atoms with van der Waals surface area (Å²) in [6, 6.07) is 1.94. The van der Waals surface area contributed by atoms with Crippen LogP contribution >= 0.6 is 0 Å². The van der Waals surface area contributed by atoms with Crippen LogP contribution in [0.2, 0.25) is 0 Å². The first-order valence-electron chi connectivity index (χ1n) is 8.50. The van der Waals surface area contributed by atoms with E-state index in [9.17, 15) is 9.90 Å². The number of fused-ring (bicyclic) bond motifs is 1. The van der Waals surface area contributed by atoms with Gasteiger partial charge in [0.1, 0.15) is 11.2 Å². The van der Waals surface area contributed by atoms with Crippen molar-refractivity contribution in [2.24, 2.45) is 5.92 Å². The molecule has 2 heterocycles. The van der Waals surface area contributed by atoms with Crippen molar-refractivity contribution >= 4 is 22.6 Å². The molecule has 3 rings (SSSR count). The highest BCUT2D eigenvalue weighted by Crippen LogP contribution is 2.35. The molecule has 23 heavy (non-hydrogen) atoms. The van der Waals surface area contributed by atoms with Crippen molar-refractivity contribution in [1.82, 2.24) is 9.97 Å². The fourth-order valence-electron chi connectivity index (χ4n) is 3.58. The molecule has 1 aliphatic rings. The number of H-pyrrole nitrogens is 1. The maximum absolute atomic E-state index is 12.6. The number of carbonyl (C=O) groups is 1. The monoisotopic (exact) mass is 315 g/mol. The van der Waals surface area contributed by atoms with Gasteiger partial charge in [-0.05, 0) is 50.2 Å². The summed E-state index contributed by atoms with van der Waals surface area (Å²) in [5.41, 5.74) is 1.20. The summed E-state index contributed by atoms with van der Waals surface area (Å²) in [4.78, 5) is 19.9. The number of amides is 1. The second kappa shape index (κ2) is 6.32. The van der Waals surface area contributed by atoms with Crippen LogP contribution in [0.3, 0.4) is 0 Å². The lowest BCUT2D eigenvalue weighted by molar-refractivity contribution is -0.138. The summed E-state index contributed by atoms with van der Waals surface area (Å²) >= 11 is 0. The van der Waals surface area contributed by atoms with Crippen LogP contribution in [0.5, 0.6) is 0 Å². The molecular weight excluding hydrogens is 290 g/mol. The topological polar surface area (TPSA) is 78.0 Å². The molecule has 0 aromatic carbocycles. The number of nitrogens with zero attached hydrogens (tertiary/aromatic N) is 1. The standard InChI is InChI=1S/C18H25N3O2/c1-3-4-13-5-8-18(23,9-6-13)17(22)21-15-11-20-16-14(12(15)2)7-10-19-16/h7,10-11,13,23H,3-6,8-9H2,1-2H3,(H,19,20)(H,21,22). The van der Waals surface area contributed by atoms with Gasteiger partial charge in [-0.3, -0.25) is 4.79 Å². The van der Waals surface area contributed by atoms with Crippen LogP contribution < -0.4 is 5.32 Å². The number of anilines is 1. The molecule has 5 heteroatoms. The summed E-state index contributed by atoms with van der Waals surface area (Å²) in [5.74, 6) is 0.347. The molecule has 0 atom stereocenters. The summed E-state index contributed by atoms with van der Waals surface area (Å²) in [5, 5.41) is 14.6. The summed E-state index contributed by atoms with van der Waals surface area (Å²) < 4.78 is 0. The van der Waals surface area contributed by atoms with Gasteiger partial charge in [0, 0.05) is 11.6 Å². The van der Waals surface area contributed by atoms with E-state index in [0.717, 1.165) is 35.9 Å². The highest BCUT2D eigenvalue weighted by atomic mass is 16.3. The van der Waals surface area contributed by atoms with E-state index in [1.807, 2.05) is 19.2 Å². The Morgan fingerprint density at radius 1 is 1.48 bits per heavy atom. The van der Waals surface area contributed by atoms with Crippen molar-refractivity contribution < 1.29 is 9.90 Å². The van der Waals surface area contributed by atoms with Crippen LogP contribution in [0.15, 0.2) is 18.5 Å². The Kier molecular flexibility index (Phi) is 4.39. The lowest BCUT2D eigenvalue weighted by Gasteiger charge is -2.34. The third-order valence-corrected chi connectivity index (χ3v) is 5.16. The molecule has 124 valence electrons. The van der Waals surface area contributed by atoms with Gasteiger partial charge in [-0.15, -0.1) is 0 Å². The molecule has 1 aliphatic carbocycles. The van der Waals surface area contributed by atoms with Gasteiger partial charge >= 0.3 is 0 Å². The summed E-state index contributed by atoms with van der Waals surface area (Å²) in [6.07, 6.45) is 8.76. The molecule has 2 aromatic heterocycles. The van der Waals surface area contributed by atoms with E-state index in [1.54, 1.807) is 6.20 Å². The van der Waals surface area contributed by atoms with E-state index in [0.29, 0.717) is 24.4 Å². The zero-order valence-electron chi connectivity index (χ0n) is 13.9. The van der Waals surface area contributed by atoms with E-state index >= 15 is 0 Å². The molecule has 5 nitrogen and oxygen atoms in total. The van der Waals surface area contributed by atoms with Crippen molar-refractivity contribution in [1.29, 1.82) is 0 Å². The highest BCUT2D eigenvalue weighted by molar-refractivity contribution is 5.99. The minimum absolute atomic E-state index is 0.299. The number of hydrogen-bond acceptors (Lipinski definition) is 3. The minimum Gasteiger partial charge on any atom is -0.380 e. The molecule has 3 N–H and O–H groups in total. The largest absolute Gasteiger partial charge is 0.380 e. The average Bonchev–Trinajstić information content (AvgIpc) is 3.02. The lowest BCUT2D eigenvalue weighted by Crippen LogP contribution is -2.45. The Morgan fingerprint density at radius 2 is 2.22 bits per heavy atom. The van der Waals surface area contributed by atoms with Crippen LogP contribution in [0.1, 0.15) is 51.0 Å². The SMILES string of the molecule is CCCC1CCC(O)(C(=O)Nc2cnc3[nH]ccc3c2C)CC1. The third-order valence-electron chi connectivity index (χ3n) is 5.16. The number of pyridine rings is 1. The highest BCUT2D eigenvalue weighted by Gasteiger charge is 2.39. The maximum Gasteiger partial charge on any atom is 0.256 e. The van der Waals surface area contributed by atoms with Gasteiger partial charge in [0.2, 0.25) is 0 Å². The Balaban J connectivity index is 1.72. The number of aromatic amines is 1. The van der Waals surface area contributed by atoms with Gasteiger partial charge in [-0.25, -0.2) is 4.98 Å². The van der Waals surface area contributed by atoms with Crippen LogP contribution in [0.4, 0.5) is 5.69 Å². The number of nitrogens with one attached hydrogen (secondary N) is 2. The molecule has 1 fully saturated rings. The molecule has 0 saturated heterocycles. The van der Waals surface area contributed by atoms with Gasteiger partial charge in [0.25, 0.3) is 5.91 Å². The molecule has 2 aromatic rings. The maximum atomic E-state index is 12.6. The van der Waals surface area contributed by atoms with Gasteiger partial charge in [-0.1, -0.05) is 19.8 Å². The second-order valence-electron chi connectivity index (χ2n) is 6.75. The van der Waals surface area contributed by atoms with Crippen LogP contribution in [0.25, 0.3) is 11.0 Å². The quantitative estimate of drug-likeness (QED) is 0.807. The summed E-state index contributed by atoms with van der Waals surface area (Å²) in [6.45, 7) is 4.14. The Hall–Kier alpha value is -1.88. The predicted molar refractivity (Wildman–Crippen MR) is 91.3 cm³/mol. The van der Waals surface area contributed by atoms with Crippen molar-refractivity contribution in [2.45, 2.75) is 58.0 Å². The molecule has 1 saturated carbocycles. The molecule has 0 bridgehead atoms. The van der Waals surface area contributed by atoms with Gasteiger partial charge in [0.05, 0.1) is 11.9 Å². The minimum atomic E-state index is -1.25. The molecule has 0 spiro atoms. The molecule has 0 aliphatic heterocycles. The first-order chi connectivity index (χ1) is 11.0. The van der Waals surface area contributed by atoms with Gasteiger partial charge in [-0.2, -0.15) is 0 Å². The van der Waals surface area contributed by atoms with E-state index in [1.165, 1.54) is 6.42 Å². The predicted octanol–water partition coefficient (Wildman–Crippen LogP) is 3.53. The number of hydrogen-bond donors (Lipinski definition) is 3. The number of aryl methyl sites for hydroxylation is 1. The van der Waals surface area contributed by atoms with Crippen molar-refractivity contribution in [3.8, 4) is 0 Å². The fraction of sp³-hybridized carbons (Fsp3) is 0.556. The molecule has 1 amide bonds. The first kappa shape index (κ1) is 16.0. The zero-order valence-corrected chi connectivity index (χ0v) is 13.9. The van der Waals surface area contributed by atoms with Gasteiger partial charge < -0.3 is 15.4 Å². The van der Waals surface area contributed by atoms with E-state index in [2.05, 4.69) is 22.2 Å². The number of aliphatic hydroxyl groups is 1. The first-order valence-corrected chi connectivity index (χ1v) is 8.50. The van der Waals surface area contributed by atoms with E-state index < -0.39 is 5.60 Å². The van der Waals surface area contributed by atoms with Crippen LogP contribution in [-0.2, 0) is 4.79 Å². The fourth-order valence-corrected chi connectivity index (χ4v) is 3.58. The Labute approximate surface area is 136 Å². The lowest BCUT2D eigenvalue weighted by atomic mass is 9.77. The second-order valence-corrected chi connectivity index (χ2v) is 6.75. The average molecular weight is 315 g/mol. The smallest absolute Gasteiger partial charge is 0.256 e. The van der Waals surface area contributed by atoms with E-state index in [-0.39, 0.29) is 5.91 Å². The van der Waals surface area contributed by atoms with Gasteiger partial charge in [0.15, 0.2) is 0 Å². The van der Waals surface area contributed by atoms with E-state index in [4.69, 9.17) is 0 Å². The molecule has 0 unspecified atom stereocenters. The normalized spacial score (nSPS) is 24.7. The van der Waals surface area contributed by atoms with Crippen LogP contribution in [0, 0.1) is 12.8 Å². The number of carbonyl (C=O) groups excluding carboxylic acids is 1.